The van der Waals surface area contributed by atoms with Crippen LogP contribution in [0.4, 0.5) is 10.1 Å². The van der Waals surface area contributed by atoms with Crippen LogP contribution in [-0.4, -0.2) is 30.9 Å². The number of benzene rings is 2. The minimum atomic E-state index is -0.436. The number of hydrogen-bond donors (Lipinski definition) is 2. The number of nitrogens with one attached hydrogen (secondary N) is 2. The Bertz CT molecular complexity index is 904. The topological polar surface area (TPSA) is 61.4 Å². The van der Waals surface area contributed by atoms with Gasteiger partial charge in [-0.25, -0.2) is 4.39 Å². The maximum Gasteiger partial charge on any atom is 0.222 e. The molecular formula is C23H27ClFN3O2. The monoisotopic (exact) mass is 431 g/mol. The van der Waals surface area contributed by atoms with Gasteiger partial charge >= 0.3 is 0 Å². The molecule has 2 aromatic rings. The highest BCUT2D eigenvalue weighted by atomic mass is 35.5. The van der Waals surface area contributed by atoms with Crippen LogP contribution in [0.5, 0.6) is 0 Å². The third-order valence-electron chi connectivity index (χ3n) is 5.27. The summed E-state index contributed by atoms with van der Waals surface area (Å²) in [6.45, 7) is 4.67. The third-order valence-corrected chi connectivity index (χ3v) is 5.52. The van der Waals surface area contributed by atoms with Gasteiger partial charge in [0.2, 0.25) is 11.8 Å². The maximum atomic E-state index is 14.3. The molecule has 0 aromatic heterocycles. The Morgan fingerprint density at radius 1 is 1.23 bits per heavy atom. The number of piperidine rings is 1. The average molecular weight is 432 g/mol. The van der Waals surface area contributed by atoms with Gasteiger partial charge in [0.05, 0.1) is 18.2 Å². The van der Waals surface area contributed by atoms with Gasteiger partial charge in [-0.3, -0.25) is 9.59 Å². The van der Waals surface area contributed by atoms with Gasteiger partial charge in [-0.1, -0.05) is 29.8 Å². The molecule has 0 aliphatic carbocycles. The summed E-state index contributed by atoms with van der Waals surface area (Å²) >= 11 is 5.94. The smallest absolute Gasteiger partial charge is 0.222 e. The zero-order valence-corrected chi connectivity index (χ0v) is 18.0. The normalized spacial score (nSPS) is 17.3. The van der Waals surface area contributed by atoms with Crippen molar-refractivity contribution in [3.05, 3.63) is 64.4 Å². The van der Waals surface area contributed by atoms with Crippen LogP contribution in [0.3, 0.4) is 0 Å². The van der Waals surface area contributed by atoms with Crippen LogP contribution in [0.15, 0.2) is 42.5 Å². The Morgan fingerprint density at radius 3 is 2.67 bits per heavy atom. The van der Waals surface area contributed by atoms with Crippen molar-refractivity contribution in [2.75, 3.05) is 18.0 Å². The molecule has 3 rings (SSSR count). The van der Waals surface area contributed by atoms with Crippen LogP contribution < -0.4 is 15.5 Å². The molecule has 1 heterocycles. The minimum Gasteiger partial charge on any atom is -0.367 e. The van der Waals surface area contributed by atoms with E-state index in [0.717, 1.165) is 30.5 Å². The Balaban J connectivity index is 1.64. The molecule has 2 amide bonds. The molecule has 0 bridgehead atoms. The van der Waals surface area contributed by atoms with Crippen molar-refractivity contribution >= 4 is 29.1 Å². The third kappa shape index (κ3) is 5.95. The molecule has 0 spiro atoms. The molecule has 2 unspecified atom stereocenters. The summed E-state index contributed by atoms with van der Waals surface area (Å²) in [4.78, 5) is 26.3. The highest BCUT2D eigenvalue weighted by Crippen LogP contribution is 2.25. The number of aryl methyl sites for hydroxylation is 1. The van der Waals surface area contributed by atoms with E-state index < -0.39 is 6.04 Å². The van der Waals surface area contributed by atoms with Gasteiger partial charge in [0.25, 0.3) is 0 Å². The first-order valence-corrected chi connectivity index (χ1v) is 10.5. The van der Waals surface area contributed by atoms with Gasteiger partial charge < -0.3 is 15.5 Å². The summed E-state index contributed by atoms with van der Waals surface area (Å²) in [6.07, 6.45) is 1.82. The second-order valence-electron chi connectivity index (χ2n) is 7.82. The summed E-state index contributed by atoms with van der Waals surface area (Å²) in [5.41, 5.74) is 2.39. The lowest BCUT2D eigenvalue weighted by molar-refractivity contribution is -0.123. The summed E-state index contributed by atoms with van der Waals surface area (Å²) < 4.78 is 14.3. The first-order chi connectivity index (χ1) is 14.3. The molecule has 160 valence electrons. The average Bonchev–Trinajstić information content (AvgIpc) is 2.69. The first kappa shape index (κ1) is 22.1. The zero-order chi connectivity index (χ0) is 21.7. The van der Waals surface area contributed by atoms with Gasteiger partial charge in [0, 0.05) is 31.1 Å². The number of carbonyl (C=O) groups excluding carboxylic acids is 2. The minimum absolute atomic E-state index is 0.0747. The number of hydrogen-bond acceptors (Lipinski definition) is 3. The van der Waals surface area contributed by atoms with Crippen LogP contribution in [0.25, 0.3) is 0 Å². The van der Waals surface area contributed by atoms with Gasteiger partial charge in [-0.15, -0.1) is 0 Å². The van der Waals surface area contributed by atoms with Crippen molar-refractivity contribution in [2.24, 2.45) is 0 Å². The lowest BCUT2D eigenvalue weighted by Gasteiger charge is -2.35. The van der Waals surface area contributed by atoms with Gasteiger partial charge in [0.1, 0.15) is 5.82 Å². The maximum absolute atomic E-state index is 14.3. The fourth-order valence-corrected chi connectivity index (χ4v) is 3.97. The van der Waals surface area contributed by atoms with E-state index in [1.54, 1.807) is 30.3 Å². The van der Waals surface area contributed by atoms with Gasteiger partial charge in [-0.2, -0.15) is 0 Å². The van der Waals surface area contributed by atoms with E-state index >= 15 is 0 Å². The molecule has 2 atom stereocenters. The molecule has 1 fully saturated rings. The summed E-state index contributed by atoms with van der Waals surface area (Å²) in [5.74, 6) is -0.609. The molecule has 1 aliphatic heterocycles. The fourth-order valence-electron chi connectivity index (χ4n) is 3.84. The number of carbonyl (C=O) groups is 2. The predicted molar refractivity (Wildman–Crippen MR) is 117 cm³/mol. The van der Waals surface area contributed by atoms with Crippen molar-refractivity contribution in [3.63, 3.8) is 0 Å². The highest BCUT2D eigenvalue weighted by Gasteiger charge is 2.25. The number of anilines is 1. The van der Waals surface area contributed by atoms with E-state index in [-0.39, 0.29) is 30.1 Å². The van der Waals surface area contributed by atoms with E-state index in [9.17, 15) is 14.0 Å². The van der Waals surface area contributed by atoms with E-state index in [1.807, 2.05) is 17.9 Å². The van der Waals surface area contributed by atoms with E-state index in [1.165, 1.54) is 13.0 Å². The highest BCUT2D eigenvalue weighted by molar-refractivity contribution is 6.30. The zero-order valence-electron chi connectivity index (χ0n) is 17.3. The summed E-state index contributed by atoms with van der Waals surface area (Å²) in [5, 5.41) is 6.48. The molecule has 7 heteroatoms. The Kier molecular flexibility index (Phi) is 7.32. The number of amides is 2. The SMILES string of the molecule is CC(=O)NC(CC(=O)NC1CCCN(c2cc(C)ccc2F)C1)c1ccc(Cl)cc1. The van der Waals surface area contributed by atoms with E-state index in [0.29, 0.717) is 17.3 Å². The molecule has 1 aliphatic rings. The number of halogens is 2. The van der Waals surface area contributed by atoms with Crippen molar-refractivity contribution in [3.8, 4) is 0 Å². The Hall–Kier alpha value is -2.60. The van der Waals surface area contributed by atoms with Crippen molar-refractivity contribution in [1.29, 1.82) is 0 Å². The fraction of sp³-hybridized carbons (Fsp3) is 0.391. The second-order valence-corrected chi connectivity index (χ2v) is 8.25. The molecule has 2 aromatic carbocycles. The quantitative estimate of drug-likeness (QED) is 0.722. The van der Waals surface area contributed by atoms with Crippen LogP contribution >= 0.6 is 11.6 Å². The molecular weight excluding hydrogens is 405 g/mol. The van der Waals surface area contributed by atoms with Crippen LogP contribution in [0.1, 0.15) is 43.4 Å². The van der Waals surface area contributed by atoms with E-state index in [2.05, 4.69) is 10.6 Å². The first-order valence-electron chi connectivity index (χ1n) is 10.1. The van der Waals surface area contributed by atoms with Gasteiger partial charge in [-0.05, 0) is 55.2 Å². The van der Waals surface area contributed by atoms with Crippen molar-refractivity contribution in [2.45, 2.75) is 45.2 Å². The number of rotatable bonds is 6. The van der Waals surface area contributed by atoms with Crippen molar-refractivity contribution in [1.82, 2.24) is 10.6 Å². The van der Waals surface area contributed by atoms with Crippen molar-refractivity contribution < 1.29 is 14.0 Å². The van der Waals surface area contributed by atoms with Gasteiger partial charge in [0.15, 0.2) is 0 Å². The molecule has 0 saturated carbocycles. The second kappa shape index (κ2) is 9.94. The standard InChI is InChI=1S/C23H27ClFN3O2/c1-15-5-10-20(25)22(12-15)28-11-3-4-19(14-28)27-23(30)13-21(26-16(2)29)17-6-8-18(24)9-7-17/h5-10,12,19,21H,3-4,11,13-14H2,1-2H3,(H,26,29)(H,27,30). The molecule has 1 saturated heterocycles. The largest absolute Gasteiger partial charge is 0.367 e. The predicted octanol–water partition coefficient (Wildman–Crippen LogP) is 4.14. The summed E-state index contributed by atoms with van der Waals surface area (Å²) in [6, 6.07) is 11.6. The van der Waals surface area contributed by atoms with Crippen LogP contribution in [0, 0.1) is 12.7 Å². The molecule has 0 radical (unpaired) electrons. The molecule has 30 heavy (non-hydrogen) atoms. The number of nitrogens with zero attached hydrogens (tertiary/aromatic N) is 1. The Labute approximate surface area is 181 Å². The molecule has 2 N–H and O–H groups in total. The van der Waals surface area contributed by atoms with Crippen LogP contribution in [0.2, 0.25) is 5.02 Å². The lowest BCUT2D eigenvalue weighted by atomic mass is 10.0. The van der Waals surface area contributed by atoms with E-state index in [4.69, 9.17) is 11.6 Å². The summed E-state index contributed by atoms with van der Waals surface area (Å²) in [7, 11) is 0. The lowest BCUT2D eigenvalue weighted by Crippen LogP contribution is -2.48. The molecule has 5 nitrogen and oxygen atoms in total. The Morgan fingerprint density at radius 2 is 1.97 bits per heavy atom. The van der Waals surface area contributed by atoms with Crippen LogP contribution in [-0.2, 0) is 9.59 Å².